The van der Waals surface area contributed by atoms with E-state index in [4.69, 9.17) is 44.3 Å². The van der Waals surface area contributed by atoms with Gasteiger partial charge in [0.1, 0.15) is 12.2 Å². The Balaban J connectivity index is 2.47. The van der Waals surface area contributed by atoms with Crippen LogP contribution in [0.2, 0.25) is 0 Å². The quantitative estimate of drug-likeness (QED) is 0.484. The van der Waals surface area contributed by atoms with Crippen LogP contribution < -0.4 is 5.32 Å². The van der Waals surface area contributed by atoms with E-state index in [2.05, 4.69) is 11.9 Å². The van der Waals surface area contributed by atoms with Gasteiger partial charge in [-0.05, 0) is 26.3 Å². The van der Waals surface area contributed by atoms with Crippen LogP contribution in [0.3, 0.4) is 0 Å². The molecule has 0 radical (unpaired) electrons. The van der Waals surface area contributed by atoms with Gasteiger partial charge >= 0.3 is 0 Å². The Hall–Kier alpha value is -0.340. The summed E-state index contributed by atoms with van der Waals surface area (Å²) in [4.78, 5) is 12.3. The first kappa shape index (κ1) is 21.0. The minimum absolute atomic E-state index is 0.226. The van der Waals surface area contributed by atoms with Crippen LogP contribution in [0.5, 0.6) is 0 Å². The zero-order valence-corrected chi connectivity index (χ0v) is 16.4. The molecule has 5 atom stereocenters. The lowest BCUT2D eigenvalue weighted by molar-refractivity contribution is -0.151. The SMILES string of the molecule is C=C[C@@]1(NC(=O)C(Cl)(Cl)Cl)[C@@H]([C@H]2COC(C)(C)O2)C=C(C)[C@H](O)[C@@H]1O. The third-order valence-electron chi connectivity index (χ3n) is 4.61. The lowest BCUT2D eigenvalue weighted by Crippen LogP contribution is -2.68. The first-order valence-electron chi connectivity index (χ1n) is 7.73. The molecule has 6 nitrogen and oxygen atoms in total. The van der Waals surface area contributed by atoms with Crippen molar-refractivity contribution in [3.8, 4) is 0 Å². The maximum Gasteiger partial charge on any atom is 0.272 e. The molecule has 1 heterocycles. The van der Waals surface area contributed by atoms with Crippen molar-refractivity contribution < 1.29 is 24.5 Å². The molecule has 1 saturated heterocycles. The fourth-order valence-electron chi connectivity index (χ4n) is 3.27. The molecule has 0 unspecified atom stereocenters. The molecule has 0 aromatic carbocycles. The summed E-state index contributed by atoms with van der Waals surface area (Å²) in [5, 5.41) is 23.6. The standard InChI is InChI=1S/C16H22Cl3NO5/c1-5-15(20-13(23)16(17,18)19)9(6-8(2)11(21)12(15)22)10-7-24-14(3,4)25-10/h5-6,9-12,21-22H,1,7H2,2-4H3,(H,20,23)/t9-,10-,11+,12+,15-/m1/s1. The van der Waals surface area contributed by atoms with E-state index < -0.39 is 45.3 Å². The molecule has 0 spiro atoms. The van der Waals surface area contributed by atoms with E-state index in [9.17, 15) is 15.0 Å². The maximum absolute atomic E-state index is 12.3. The van der Waals surface area contributed by atoms with Gasteiger partial charge in [-0.1, -0.05) is 47.0 Å². The lowest BCUT2D eigenvalue weighted by atomic mass is 9.68. The molecule has 2 rings (SSSR count). The van der Waals surface area contributed by atoms with Gasteiger partial charge in [0.05, 0.1) is 18.2 Å². The van der Waals surface area contributed by atoms with Gasteiger partial charge in [0.2, 0.25) is 0 Å². The summed E-state index contributed by atoms with van der Waals surface area (Å²) < 4.78 is 9.24. The number of ether oxygens (including phenoxy) is 2. The van der Waals surface area contributed by atoms with Crippen LogP contribution in [0, 0.1) is 5.92 Å². The van der Waals surface area contributed by atoms with Gasteiger partial charge in [0.25, 0.3) is 9.70 Å². The second-order valence-electron chi connectivity index (χ2n) is 6.78. The number of halogens is 3. The zero-order chi connectivity index (χ0) is 19.2. The fraction of sp³-hybridized carbons (Fsp3) is 0.688. The van der Waals surface area contributed by atoms with Crippen molar-refractivity contribution in [1.82, 2.24) is 5.32 Å². The number of carbonyl (C=O) groups is 1. The highest BCUT2D eigenvalue weighted by molar-refractivity contribution is 6.76. The molecule has 0 aromatic rings. The Morgan fingerprint density at radius 3 is 2.48 bits per heavy atom. The highest BCUT2D eigenvalue weighted by atomic mass is 35.6. The van der Waals surface area contributed by atoms with Crippen molar-refractivity contribution in [2.45, 2.75) is 54.2 Å². The maximum atomic E-state index is 12.3. The summed E-state index contributed by atoms with van der Waals surface area (Å²) in [7, 11) is 0. The van der Waals surface area contributed by atoms with Crippen molar-refractivity contribution in [1.29, 1.82) is 0 Å². The van der Waals surface area contributed by atoms with Gasteiger partial charge < -0.3 is 25.0 Å². The third-order valence-corrected chi connectivity index (χ3v) is 5.12. The highest BCUT2D eigenvalue weighted by Crippen LogP contribution is 2.41. The van der Waals surface area contributed by atoms with E-state index in [0.717, 1.165) is 0 Å². The molecule has 1 fully saturated rings. The van der Waals surface area contributed by atoms with Gasteiger partial charge in [-0.25, -0.2) is 0 Å². The van der Waals surface area contributed by atoms with Crippen molar-refractivity contribution in [2.24, 2.45) is 5.92 Å². The van der Waals surface area contributed by atoms with E-state index in [0.29, 0.717) is 5.57 Å². The van der Waals surface area contributed by atoms with Gasteiger partial charge in [-0.15, -0.1) is 6.58 Å². The number of nitrogens with one attached hydrogen (secondary N) is 1. The molecule has 1 aliphatic carbocycles. The van der Waals surface area contributed by atoms with Gasteiger partial charge in [-0.2, -0.15) is 0 Å². The molecular weight excluding hydrogens is 393 g/mol. The van der Waals surface area contributed by atoms with Crippen molar-refractivity contribution in [2.75, 3.05) is 6.61 Å². The number of hydrogen-bond acceptors (Lipinski definition) is 5. The van der Waals surface area contributed by atoms with E-state index >= 15 is 0 Å². The Morgan fingerprint density at radius 1 is 1.44 bits per heavy atom. The highest BCUT2D eigenvalue weighted by Gasteiger charge is 2.55. The molecule has 3 N–H and O–H groups in total. The van der Waals surface area contributed by atoms with Gasteiger partial charge in [-0.3, -0.25) is 4.79 Å². The normalized spacial score (nSPS) is 38.2. The molecule has 1 amide bonds. The summed E-state index contributed by atoms with van der Waals surface area (Å²) in [6.45, 7) is 9.13. The summed E-state index contributed by atoms with van der Waals surface area (Å²) >= 11 is 17.0. The molecule has 1 aliphatic heterocycles. The predicted molar refractivity (Wildman–Crippen MR) is 95.5 cm³/mol. The van der Waals surface area contributed by atoms with Crippen LogP contribution in [-0.4, -0.2) is 56.2 Å². The van der Waals surface area contributed by atoms with E-state index in [-0.39, 0.29) is 6.61 Å². The van der Waals surface area contributed by atoms with Crippen LogP contribution in [0.1, 0.15) is 20.8 Å². The zero-order valence-electron chi connectivity index (χ0n) is 14.1. The van der Waals surface area contributed by atoms with Crippen LogP contribution in [-0.2, 0) is 14.3 Å². The van der Waals surface area contributed by atoms with Crippen LogP contribution in [0.4, 0.5) is 0 Å². The Bertz CT molecular complexity index is 589. The molecule has 25 heavy (non-hydrogen) atoms. The van der Waals surface area contributed by atoms with Crippen molar-refractivity contribution in [3.05, 3.63) is 24.3 Å². The number of amides is 1. The Morgan fingerprint density at radius 2 is 2.04 bits per heavy atom. The van der Waals surface area contributed by atoms with Crippen LogP contribution >= 0.6 is 34.8 Å². The minimum atomic E-state index is -2.24. The number of hydrogen-bond donors (Lipinski definition) is 3. The van der Waals surface area contributed by atoms with Gasteiger partial charge in [0, 0.05) is 5.92 Å². The Labute approximate surface area is 161 Å². The van der Waals surface area contributed by atoms with E-state index in [1.807, 2.05) is 0 Å². The first-order valence-corrected chi connectivity index (χ1v) is 8.86. The number of aliphatic hydroxyl groups is 2. The van der Waals surface area contributed by atoms with Crippen molar-refractivity contribution in [3.63, 3.8) is 0 Å². The number of alkyl halides is 3. The number of carbonyl (C=O) groups excluding carboxylic acids is 1. The largest absolute Gasteiger partial charge is 0.387 e. The number of aliphatic hydroxyl groups excluding tert-OH is 2. The predicted octanol–water partition coefficient (Wildman–Crippen LogP) is 1.85. The van der Waals surface area contributed by atoms with Crippen LogP contribution in [0.15, 0.2) is 24.3 Å². The molecule has 0 aromatic heterocycles. The second-order valence-corrected chi connectivity index (χ2v) is 9.06. The molecule has 0 bridgehead atoms. The van der Waals surface area contributed by atoms with E-state index in [1.54, 1.807) is 26.8 Å². The first-order chi connectivity index (χ1) is 11.3. The second kappa shape index (κ2) is 7.00. The van der Waals surface area contributed by atoms with E-state index in [1.165, 1.54) is 6.08 Å². The monoisotopic (exact) mass is 413 g/mol. The lowest BCUT2D eigenvalue weighted by Gasteiger charge is -2.48. The summed E-state index contributed by atoms with van der Waals surface area (Å²) in [5.41, 5.74) is -0.972. The summed E-state index contributed by atoms with van der Waals surface area (Å²) in [6, 6.07) is 0. The Kier molecular flexibility index (Phi) is 5.87. The summed E-state index contributed by atoms with van der Waals surface area (Å²) in [5.74, 6) is -2.36. The number of rotatable bonds is 3. The molecule has 9 heteroatoms. The molecule has 0 saturated carbocycles. The topological polar surface area (TPSA) is 88.0 Å². The molecular formula is C16H22Cl3NO5. The van der Waals surface area contributed by atoms with Crippen molar-refractivity contribution >= 4 is 40.7 Å². The smallest absolute Gasteiger partial charge is 0.272 e. The molecule has 142 valence electrons. The third kappa shape index (κ3) is 4.00. The molecule has 2 aliphatic rings. The minimum Gasteiger partial charge on any atom is -0.387 e. The van der Waals surface area contributed by atoms with Gasteiger partial charge in [0.15, 0.2) is 5.79 Å². The average molecular weight is 415 g/mol. The average Bonchev–Trinajstić information content (AvgIpc) is 2.86. The van der Waals surface area contributed by atoms with Crippen LogP contribution in [0.25, 0.3) is 0 Å². The fourth-order valence-corrected chi connectivity index (χ4v) is 3.41. The summed E-state index contributed by atoms with van der Waals surface area (Å²) in [6.07, 6.45) is -0.102.